The molecular weight excluding hydrogens is 308 g/mol. The summed E-state index contributed by atoms with van der Waals surface area (Å²) in [5, 5.41) is 12.6. The Balaban J connectivity index is 2.25. The van der Waals surface area contributed by atoms with Gasteiger partial charge in [0, 0.05) is 22.7 Å². The molecule has 2 aromatic rings. The fourth-order valence-electron chi connectivity index (χ4n) is 2.72. The number of benzene rings is 1. The highest BCUT2D eigenvalue weighted by Crippen LogP contribution is 2.21. The summed E-state index contributed by atoms with van der Waals surface area (Å²) in [4.78, 5) is 35.4. The van der Waals surface area contributed by atoms with E-state index in [4.69, 9.17) is 0 Å². The number of nitrogens with zero attached hydrogens (tertiary/aromatic N) is 1. The van der Waals surface area contributed by atoms with Crippen molar-refractivity contribution in [2.24, 2.45) is 5.92 Å². The van der Waals surface area contributed by atoms with Crippen LogP contribution in [0.15, 0.2) is 30.5 Å². The number of aliphatic carboxylic acids is 1. The van der Waals surface area contributed by atoms with Crippen LogP contribution < -0.4 is 5.32 Å². The Hall–Kier alpha value is -2.63. The van der Waals surface area contributed by atoms with Crippen LogP contribution in [0.1, 0.15) is 37.6 Å². The fraction of sp³-hybridized carbons (Fsp3) is 0.389. The SMILES string of the molecule is CC[C@@H](C)[C@H](NC(=O)Cn1cc(C(C)=O)c2ccccc21)C(=O)O. The maximum atomic E-state index is 12.3. The Morgan fingerprint density at radius 3 is 2.50 bits per heavy atom. The number of aromatic nitrogens is 1. The molecule has 1 aromatic carbocycles. The molecule has 1 amide bonds. The molecule has 0 radical (unpaired) electrons. The average molecular weight is 330 g/mol. The molecule has 0 fully saturated rings. The van der Waals surface area contributed by atoms with Crippen molar-refractivity contribution in [3.05, 3.63) is 36.0 Å². The topological polar surface area (TPSA) is 88.4 Å². The summed E-state index contributed by atoms with van der Waals surface area (Å²) >= 11 is 0. The van der Waals surface area contributed by atoms with E-state index in [1.54, 1.807) is 17.7 Å². The Bertz CT molecular complexity index is 778. The number of para-hydroxylation sites is 1. The van der Waals surface area contributed by atoms with Gasteiger partial charge in [-0.2, -0.15) is 0 Å². The molecule has 2 N–H and O–H groups in total. The highest BCUT2D eigenvalue weighted by molar-refractivity contribution is 6.07. The number of carboxylic acids is 1. The number of ketones is 1. The predicted octanol–water partition coefficient (Wildman–Crippen LogP) is 2.46. The smallest absolute Gasteiger partial charge is 0.326 e. The molecule has 1 aromatic heterocycles. The van der Waals surface area contributed by atoms with Gasteiger partial charge in [0.2, 0.25) is 5.91 Å². The first-order valence-corrected chi connectivity index (χ1v) is 7.96. The average Bonchev–Trinajstić information content (AvgIpc) is 2.90. The lowest BCUT2D eigenvalue weighted by atomic mass is 9.99. The van der Waals surface area contributed by atoms with Crippen molar-refractivity contribution in [2.45, 2.75) is 39.8 Å². The Labute approximate surface area is 140 Å². The van der Waals surface area contributed by atoms with Crippen LogP contribution in [0.4, 0.5) is 0 Å². The minimum absolute atomic E-state index is 0.0337. The standard InChI is InChI=1S/C18H22N2O4/c1-4-11(2)17(18(23)24)19-16(22)10-20-9-14(12(3)21)13-7-5-6-8-15(13)20/h5-9,11,17H,4,10H2,1-3H3,(H,19,22)(H,23,24)/t11-,17+/m1/s1. The maximum Gasteiger partial charge on any atom is 0.326 e. The molecule has 24 heavy (non-hydrogen) atoms. The van der Waals surface area contributed by atoms with Crippen LogP contribution in [0.2, 0.25) is 0 Å². The summed E-state index contributed by atoms with van der Waals surface area (Å²) in [5.74, 6) is -1.67. The number of hydrogen-bond donors (Lipinski definition) is 2. The van der Waals surface area contributed by atoms with Gasteiger partial charge in [0.1, 0.15) is 12.6 Å². The quantitative estimate of drug-likeness (QED) is 0.763. The molecular formula is C18H22N2O4. The van der Waals surface area contributed by atoms with E-state index in [2.05, 4.69) is 5.32 Å². The highest BCUT2D eigenvalue weighted by atomic mass is 16.4. The van der Waals surface area contributed by atoms with E-state index in [9.17, 15) is 19.5 Å². The number of rotatable bonds is 7. The van der Waals surface area contributed by atoms with Crippen molar-refractivity contribution in [3.8, 4) is 0 Å². The van der Waals surface area contributed by atoms with Gasteiger partial charge >= 0.3 is 5.97 Å². The van der Waals surface area contributed by atoms with E-state index in [1.807, 2.05) is 31.2 Å². The van der Waals surface area contributed by atoms with E-state index in [0.717, 1.165) is 10.9 Å². The van der Waals surface area contributed by atoms with Crippen molar-refractivity contribution in [3.63, 3.8) is 0 Å². The monoisotopic (exact) mass is 330 g/mol. The molecule has 2 rings (SSSR count). The number of carbonyl (C=O) groups is 3. The second-order valence-electron chi connectivity index (χ2n) is 6.01. The molecule has 6 heteroatoms. The second-order valence-corrected chi connectivity index (χ2v) is 6.01. The van der Waals surface area contributed by atoms with Crippen molar-refractivity contribution in [1.82, 2.24) is 9.88 Å². The van der Waals surface area contributed by atoms with Gasteiger partial charge in [-0.05, 0) is 18.9 Å². The number of hydrogen-bond acceptors (Lipinski definition) is 3. The number of carbonyl (C=O) groups excluding carboxylic acids is 2. The van der Waals surface area contributed by atoms with Gasteiger partial charge < -0.3 is 15.0 Å². The highest BCUT2D eigenvalue weighted by Gasteiger charge is 2.25. The molecule has 6 nitrogen and oxygen atoms in total. The normalized spacial score (nSPS) is 13.5. The van der Waals surface area contributed by atoms with Crippen LogP contribution in [0, 0.1) is 5.92 Å². The molecule has 1 heterocycles. The summed E-state index contributed by atoms with van der Waals surface area (Å²) < 4.78 is 1.68. The van der Waals surface area contributed by atoms with Crippen molar-refractivity contribution >= 4 is 28.6 Å². The third-order valence-corrected chi connectivity index (χ3v) is 4.28. The number of nitrogens with one attached hydrogen (secondary N) is 1. The van der Waals surface area contributed by atoms with Crippen molar-refractivity contribution < 1.29 is 19.5 Å². The van der Waals surface area contributed by atoms with Crippen molar-refractivity contribution in [1.29, 1.82) is 0 Å². The Morgan fingerprint density at radius 2 is 1.92 bits per heavy atom. The van der Waals surface area contributed by atoms with Gasteiger partial charge in [0.25, 0.3) is 0 Å². The molecule has 0 unspecified atom stereocenters. The molecule has 0 aliphatic rings. The van der Waals surface area contributed by atoms with Crippen LogP contribution in [0.25, 0.3) is 10.9 Å². The van der Waals surface area contributed by atoms with E-state index < -0.39 is 17.9 Å². The summed E-state index contributed by atoms with van der Waals surface area (Å²) in [6.07, 6.45) is 2.30. The number of Topliss-reactive ketones (excluding diaryl/α,β-unsaturated/α-hetero) is 1. The van der Waals surface area contributed by atoms with Gasteiger partial charge in [-0.3, -0.25) is 9.59 Å². The van der Waals surface area contributed by atoms with E-state index in [1.165, 1.54) is 6.92 Å². The minimum atomic E-state index is -1.04. The summed E-state index contributed by atoms with van der Waals surface area (Å²) in [6.45, 7) is 5.12. The molecule has 2 atom stereocenters. The van der Waals surface area contributed by atoms with Crippen LogP contribution in [-0.4, -0.2) is 33.4 Å². The Morgan fingerprint density at radius 1 is 1.25 bits per heavy atom. The molecule has 128 valence electrons. The number of carboxylic acid groups (broad SMARTS) is 1. The second kappa shape index (κ2) is 7.29. The maximum absolute atomic E-state index is 12.3. The minimum Gasteiger partial charge on any atom is -0.480 e. The Kier molecular flexibility index (Phi) is 5.39. The third-order valence-electron chi connectivity index (χ3n) is 4.28. The lowest BCUT2D eigenvalue weighted by Crippen LogP contribution is -2.46. The van der Waals surface area contributed by atoms with Gasteiger partial charge in [-0.25, -0.2) is 4.79 Å². The zero-order valence-corrected chi connectivity index (χ0v) is 14.1. The summed E-state index contributed by atoms with van der Waals surface area (Å²) in [5.41, 5.74) is 1.32. The van der Waals surface area contributed by atoms with Crippen LogP contribution in [0.5, 0.6) is 0 Å². The third kappa shape index (κ3) is 3.64. The van der Waals surface area contributed by atoms with Gasteiger partial charge in [0.05, 0.1) is 0 Å². The molecule has 0 bridgehead atoms. The largest absolute Gasteiger partial charge is 0.480 e. The zero-order chi connectivity index (χ0) is 17.9. The molecule has 0 spiro atoms. The molecule has 0 saturated carbocycles. The molecule has 0 saturated heterocycles. The summed E-state index contributed by atoms with van der Waals surface area (Å²) in [7, 11) is 0. The lowest BCUT2D eigenvalue weighted by Gasteiger charge is -2.20. The first kappa shape index (κ1) is 17.7. The van der Waals surface area contributed by atoms with Crippen LogP contribution in [0.3, 0.4) is 0 Å². The lowest BCUT2D eigenvalue weighted by molar-refractivity contribution is -0.143. The first-order valence-electron chi connectivity index (χ1n) is 7.96. The number of fused-ring (bicyclic) bond motifs is 1. The predicted molar refractivity (Wildman–Crippen MR) is 91.0 cm³/mol. The molecule has 0 aliphatic heterocycles. The van der Waals surface area contributed by atoms with Crippen LogP contribution >= 0.6 is 0 Å². The van der Waals surface area contributed by atoms with Crippen molar-refractivity contribution in [2.75, 3.05) is 0 Å². The number of amides is 1. The van der Waals surface area contributed by atoms with E-state index in [0.29, 0.717) is 12.0 Å². The zero-order valence-electron chi connectivity index (χ0n) is 14.1. The van der Waals surface area contributed by atoms with E-state index in [-0.39, 0.29) is 18.2 Å². The summed E-state index contributed by atoms with van der Waals surface area (Å²) in [6, 6.07) is 6.41. The first-order chi connectivity index (χ1) is 11.3. The van der Waals surface area contributed by atoms with Gasteiger partial charge in [-0.1, -0.05) is 38.5 Å². The van der Waals surface area contributed by atoms with Crippen LogP contribution in [-0.2, 0) is 16.1 Å². The molecule has 0 aliphatic carbocycles. The van der Waals surface area contributed by atoms with E-state index >= 15 is 0 Å². The van der Waals surface area contributed by atoms with Gasteiger partial charge in [-0.15, -0.1) is 0 Å². The van der Waals surface area contributed by atoms with Gasteiger partial charge in [0.15, 0.2) is 5.78 Å². The fourth-order valence-corrected chi connectivity index (χ4v) is 2.72.